The molecule has 0 spiro atoms. The average molecular weight is 1330 g/mol. The lowest BCUT2D eigenvalue weighted by atomic mass is 9.81. The molecule has 7 heteroatoms. The summed E-state index contributed by atoms with van der Waals surface area (Å²) in [4.78, 5) is 34.5. The first-order valence-corrected chi connectivity index (χ1v) is 35.8. The number of benzene rings is 13. The second-order valence-corrected chi connectivity index (χ2v) is 28.6. The highest BCUT2D eigenvalue weighted by molar-refractivity contribution is 5.94. The number of hydrogen-bond acceptors (Lipinski definition) is 7. The van der Waals surface area contributed by atoms with Crippen LogP contribution in [-0.4, -0.2) is 34.9 Å². The van der Waals surface area contributed by atoms with Crippen LogP contribution in [0.1, 0.15) is 72.2 Å². The molecular formula is C97H69N7. The molecule has 13 aromatic carbocycles. The van der Waals surface area contributed by atoms with Gasteiger partial charge in [-0.1, -0.05) is 319 Å². The Bertz CT molecular complexity index is 5970. The second-order valence-electron chi connectivity index (χ2n) is 28.6. The van der Waals surface area contributed by atoms with Gasteiger partial charge in [0.05, 0.1) is 5.69 Å². The van der Waals surface area contributed by atoms with Crippen molar-refractivity contribution in [3.63, 3.8) is 0 Å². The topological polar surface area (TPSA) is 90.2 Å². The summed E-state index contributed by atoms with van der Waals surface area (Å²) in [6, 6.07) is 112. The van der Waals surface area contributed by atoms with Crippen molar-refractivity contribution in [1.29, 1.82) is 0 Å². The predicted molar refractivity (Wildman–Crippen MR) is 423 cm³/mol. The lowest BCUT2D eigenvalue weighted by Gasteiger charge is -2.22. The van der Waals surface area contributed by atoms with Gasteiger partial charge in [0.15, 0.2) is 34.9 Å². The minimum Gasteiger partial charge on any atom is -0.256 e. The second kappa shape index (κ2) is 25.0. The fourth-order valence-electron chi connectivity index (χ4n) is 16.7. The molecular weight excluding hydrogens is 1260 g/mol. The molecule has 3 heterocycles. The molecule has 4 aliphatic carbocycles. The van der Waals surface area contributed by atoms with Crippen LogP contribution in [0.15, 0.2) is 322 Å². The first-order chi connectivity index (χ1) is 51.1. The molecule has 0 N–H and O–H groups in total. The fraction of sp³-hybridized carbons (Fsp3) is 0.0825. The maximum absolute atomic E-state index is 4.98. The molecule has 0 bridgehead atoms. The van der Waals surface area contributed by atoms with E-state index in [4.69, 9.17) is 34.9 Å². The van der Waals surface area contributed by atoms with Gasteiger partial charge in [0.1, 0.15) is 0 Å². The Morgan fingerprint density at radius 2 is 0.481 bits per heavy atom. The van der Waals surface area contributed by atoms with Crippen molar-refractivity contribution in [2.75, 3.05) is 0 Å². The lowest BCUT2D eigenvalue weighted by molar-refractivity contribution is 0.660. The van der Waals surface area contributed by atoms with Crippen LogP contribution in [0.3, 0.4) is 0 Å². The van der Waals surface area contributed by atoms with Crippen LogP contribution in [0.2, 0.25) is 0 Å². The Hall–Kier alpha value is -13.0. The van der Waals surface area contributed by atoms with Crippen molar-refractivity contribution in [1.82, 2.24) is 34.9 Å². The number of fused-ring (bicyclic) bond motifs is 12. The van der Waals surface area contributed by atoms with E-state index in [1.54, 1.807) is 0 Å². The van der Waals surface area contributed by atoms with E-state index in [9.17, 15) is 0 Å². The molecule has 0 saturated carbocycles. The highest BCUT2D eigenvalue weighted by Crippen LogP contribution is 2.54. The summed E-state index contributed by atoms with van der Waals surface area (Å²) < 4.78 is 0. The highest BCUT2D eigenvalue weighted by atomic mass is 15.0. The SMILES string of the molecule is CC1(C)c2ccccc2-c2ccc(-c3cccc4c3Cc3c(-c5cc(-c6nc(-c7ccccc7)nc(-c7ccccc7)n6)ccn5)cccc3-4)cc21.CC1(C)c2ccccc2-c2ccc(-c3cccc4c3Cc3c(-c5ccc(-c6nc(-c7ccccc7)nc(-c7ccccc7)n6)cc5)cccc3-4)cc21. The molecule has 104 heavy (non-hydrogen) atoms. The smallest absolute Gasteiger partial charge is 0.164 e. The Kier molecular flexibility index (Phi) is 14.9. The third-order valence-corrected chi connectivity index (χ3v) is 21.9. The molecule has 0 fully saturated rings. The zero-order valence-electron chi connectivity index (χ0n) is 58.1. The van der Waals surface area contributed by atoms with E-state index in [-0.39, 0.29) is 10.8 Å². The van der Waals surface area contributed by atoms with Gasteiger partial charge in [-0.3, -0.25) is 4.98 Å². The molecule has 20 rings (SSSR count). The van der Waals surface area contributed by atoms with Gasteiger partial charge >= 0.3 is 0 Å². The van der Waals surface area contributed by atoms with Crippen molar-refractivity contribution >= 4 is 0 Å². The molecule has 0 saturated heterocycles. The summed E-state index contributed by atoms with van der Waals surface area (Å²) in [7, 11) is 0. The zero-order chi connectivity index (χ0) is 69.6. The van der Waals surface area contributed by atoms with Gasteiger partial charge in [-0.05, 0) is 160 Å². The molecule has 0 aliphatic heterocycles. The van der Waals surface area contributed by atoms with Gasteiger partial charge in [-0.2, -0.15) is 0 Å². The van der Waals surface area contributed by atoms with E-state index in [0.29, 0.717) is 34.9 Å². The van der Waals surface area contributed by atoms with Gasteiger partial charge in [0, 0.05) is 56.0 Å². The summed E-state index contributed by atoms with van der Waals surface area (Å²) in [5.74, 6) is 3.90. The first kappa shape index (κ1) is 62.1. The summed E-state index contributed by atoms with van der Waals surface area (Å²) in [5, 5.41) is 0. The van der Waals surface area contributed by atoms with Crippen molar-refractivity contribution in [3.8, 4) is 157 Å². The van der Waals surface area contributed by atoms with Crippen LogP contribution in [0, 0.1) is 0 Å². The van der Waals surface area contributed by atoms with Crippen LogP contribution >= 0.6 is 0 Å². The monoisotopic (exact) mass is 1330 g/mol. The van der Waals surface area contributed by atoms with Crippen molar-refractivity contribution in [2.45, 2.75) is 51.4 Å². The van der Waals surface area contributed by atoms with Crippen molar-refractivity contribution in [3.05, 3.63) is 366 Å². The van der Waals surface area contributed by atoms with Gasteiger partial charge in [0.2, 0.25) is 0 Å². The van der Waals surface area contributed by atoms with Crippen LogP contribution in [0.4, 0.5) is 0 Å². The molecule has 0 radical (unpaired) electrons. The van der Waals surface area contributed by atoms with E-state index < -0.39 is 0 Å². The predicted octanol–water partition coefficient (Wildman–Crippen LogP) is 23.6. The molecule has 0 unspecified atom stereocenters. The fourth-order valence-corrected chi connectivity index (χ4v) is 16.7. The summed E-state index contributed by atoms with van der Waals surface area (Å²) in [6.07, 6.45) is 3.61. The molecule has 492 valence electrons. The van der Waals surface area contributed by atoms with Crippen molar-refractivity contribution in [2.24, 2.45) is 0 Å². The molecule has 0 amide bonds. The maximum atomic E-state index is 4.98. The first-order valence-electron chi connectivity index (χ1n) is 35.8. The Morgan fingerprint density at radius 1 is 0.202 bits per heavy atom. The maximum Gasteiger partial charge on any atom is 0.164 e. The van der Waals surface area contributed by atoms with Crippen LogP contribution < -0.4 is 0 Å². The standard InChI is InChI=1S/C49H35N3.C48H34N4/c1-49(2)44-22-10-9-17-40(44)41-28-27-35(29-45(41)49)37-19-12-21-39-38-20-11-18-36(42(38)30-43(37)39)31-23-25-34(26-24-31)48-51-46(32-13-5-3-6-14-32)50-47(52-48)33-15-7-4-8-16-33;1-48(2)42-22-10-9-17-37(42)38-24-23-32(27-43(38)48)34-18-11-19-35-36-20-12-21-39(41(36)29-40(34)35)44-28-33(25-26-49-44)47-51-45(30-13-5-3-6-14-30)50-46(52-47)31-15-7-4-8-16-31/h3-29H,30H2,1-2H3;3-28H,29H2,1-2H3. The normalized spacial score (nSPS) is 13.3. The largest absolute Gasteiger partial charge is 0.256 e. The zero-order valence-corrected chi connectivity index (χ0v) is 58.1. The number of nitrogens with zero attached hydrogens (tertiary/aromatic N) is 7. The Morgan fingerprint density at radius 3 is 0.875 bits per heavy atom. The van der Waals surface area contributed by atoms with Gasteiger partial charge < -0.3 is 0 Å². The highest BCUT2D eigenvalue weighted by Gasteiger charge is 2.38. The summed E-state index contributed by atoms with van der Waals surface area (Å²) >= 11 is 0. The number of rotatable bonds is 10. The number of pyridine rings is 1. The lowest BCUT2D eigenvalue weighted by Crippen LogP contribution is -2.14. The van der Waals surface area contributed by atoms with E-state index in [1.807, 2.05) is 134 Å². The average Bonchev–Trinajstić information content (AvgIpc) is 1.58. The third kappa shape index (κ3) is 10.6. The Labute approximate surface area is 606 Å². The molecule has 0 atom stereocenters. The molecule has 16 aromatic rings. The molecule has 7 nitrogen and oxygen atoms in total. The molecule has 4 aliphatic rings. The van der Waals surface area contributed by atoms with Gasteiger partial charge in [-0.15, -0.1) is 0 Å². The number of aromatic nitrogens is 7. The van der Waals surface area contributed by atoms with Crippen LogP contribution in [-0.2, 0) is 23.7 Å². The number of hydrogen-bond donors (Lipinski definition) is 0. The van der Waals surface area contributed by atoms with Gasteiger partial charge in [-0.25, -0.2) is 29.9 Å². The summed E-state index contributed by atoms with van der Waals surface area (Å²) in [6.45, 7) is 9.41. The van der Waals surface area contributed by atoms with Crippen LogP contribution in [0.5, 0.6) is 0 Å². The van der Waals surface area contributed by atoms with E-state index in [1.165, 1.54) is 122 Å². The van der Waals surface area contributed by atoms with Crippen LogP contribution in [0.25, 0.3) is 157 Å². The van der Waals surface area contributed by atoms with E-state index in [2.05, 4.69) is 216 Å². The van der Waals surface area contributed by atoms with Gasteiger partial charge in [0.25, 0.3) is 0 Å². The quantitative estimate of drug-likeness (QED) is 0.135. The molecule has 3 aromatic heterocycles. The minimum absolute atomic E-state index is 0.0320. The Balaban J connectivity index is 0.000000143. The van der Waals surface area contributed by atoms with E-state index >= 15 is 0 Å². The minimum atomic E-state index is -0.0467. The third-order valence-electron chi connectivity index (χ3n) is 21.9. The van der Waals surface area contributed by atoms with E-state index in [0.717, 1.165) is 57.5 Å². The summed E-state index contributed by atoms with van der Waals surface area (Å²) in [5.41, 5.74) is 37.0. The van der Waals surface area contributed by atoms with Crippen molar-refractivity contribution < 1.29 is 0 Å².